The lowest BCUT2D eigenvalue weighted by atomic mass is 10.0. The average molecular weight is 454 g/mol. The predicted molar refractivity (Wildman–Crippen MR) is 105 cm³/mol. The highest BCUT2D eigenvalue weighted by molar-refractivity contribution is 7.92. The van der Waals surface area contributed by atoms with Gasteiger partial charge in [0.15, 0.2) is 0 Å². The Morgan fingerprint density at radius 1 is 0.800 bits per heavy atom. The van der Waals surface area contributed by atoms with Gasteiger partial charge in [-0.1, -0.05) is 12.1 Å². The predicted octanol–water partition coefficient (Wildman–Crippen LogP) is -0.0429. The smallest absolute Gasteiger partial charge is 0.330 e. The molecule has 1 saturated heterocycles. The van der Waals surface area contributed by atoms with Gasteiger partial charge in [0.1, 0.15) is 23.7 Å². The van der Waals surface area contributed by atoms with Gasteiger partial charge in [-0.25, -0.2) is 18.1 Å². The molecule has 0 aliphatic carbocycles. The summed E-state index contributed by atoms with van der Waals surface area (Å²) in [7, 11) is -8.17. The minimum Gasteiger partial charge on any atom is -0.506 e. The number of nitrogens with one attached hydrogen (secondary N) is 2. The van der Waals surface area contributed by atoms with Crippen molar-refractivity contribution in [3.63, 3.8) is 0 Å². The summed E-state index contributed by atoms with van der Waals surface area (Å²) in [6, 6.07) is 7.98. The van der Waals surface area contributed by atoms with Gasteiger partial charge in [0.05, 0.1) is 11.9 Å². The second-order valence-corrected chi connectivity index (χ2v) is 9.50. The van der Waals surface area contributed by atoms with E-state index >= 15 is 0 Å². The summed E-state index contributed by atoms with van der Waals surface area (Å²) < 4.78 is 52.8. The molecule has 158 valence electrons. The number of phenolic OH excluding ortho intramolecular Hbond substituents is 2. The number of benzene rings is 2. The van der Waals surface area contributed by atoms with Gasteiger partial charge in [0.2, 0.25) is 5.88 Å². The number of hydrogen-bond acceptors (Lipinski definition) is 8. The Bertz CT molecular complexity index is 1320. The molecular weight excluding hydrogens is 440 g/mol. The van der Waals surface area contributed by atoms with E-state index < -0.39 is 50.3 Å². The Morgan fingerprint density at radius 3 is 1.80 bits per heavy atom. The zero-order chi connectivity index (χ0) is 21.8. The van der Waals surface area contributed by atoms with Crippen LogP contribution in [0.25, 0.3) is 11.1 Å². The Balaban J connectivity index is 1.68. The second kappa shape index (κ2) is 6.43. The average Bonchev–Trinajstić information content (AvgIpc) is 3.06. The summed E-state index contributed by atoms with van der Waals surface area (Å²) in [5, 5.41) is 29.9. The zero-order valence-electron chi connectivity index (χ0n) is 14.8. The van der Waals surface area contributed by atoms with Gasteiger partial charge >= 0.3 is 20.4 Å². The van der Waals surface area contributed by atoms with Crippen molar-refractivity contribution in [3.05, 3.63) is 48.5 Å². The number of aliphatic hydroxyl groups is 1. The van der Waals surface area contributed by atoms with E-state index in [0.717, 1.165) is 10.5 Å². The van der Waals surface area contributed by atoms with Crippen molar-refractivity contribution < 1.29 is 36.9 Å². The molecule has 2 aromatic carbocycles. The molecule has 4 rings (SSSR count). The largest absolute Gasteiger partial charge is 0.506 e. The SMILES string of the molecule is O=C1CN(c2ccc(-c3ccc(N4C=C(O)NS4(=O)=O)c(O)c3)cc2O)S(=O)(=O)N1. The van der Waals surface area contributed by atoms with E-state index in [1.165, 1.54) is 36.4 Å². The number of nitrogens with zero attached hydrogens (tertiary/aromatic N) is 2. The van der Waals surface area contributed by atoms with Crippen LogP contribution in [0.1, 0.15) is 0 Å². The van der Waals surface area contributed by atoms with Crippen molar-refractivity contribution in [3.8, 4) is 22.6 Å². The van der Waals surface area contributed by atoms with Crippen LogP contribution >= 0.6 is 0 Å². The number of hydrogen-bond donors (Lipinski definition) is 5. The quantitative estimate of drug-likeness (QED) is 0.429. The van der Waals surface area contributed by atoms with Crippen LogP contribution in [0.2, 0.25) is 0 Å². The van der Waals surface area contributed by atoms with Gasteiger partial charge in [-0.15, -0.1) is 0 Å². The molecule has 30 heavy (non-hydrogen) atoms. The summed E-state index contributed by atoms with van der Waals surface area (Å²) in [6.07, 6.45) is 0.885. The van der Waals surface area contributed by atoms with Gasteiger partial charge in [0.25, 0.3) is 5.91 Å². The lowest BCUT2D eigenvalue weighted by Gasteiger charge is -2.18. The minimum atomic E-state index is -4.09. The molecule has 12 nitrogen and oxygen atoms in total. The first-order chi connectivity index (χ1) is 14.0. The maximum Gasteiger partial charge on any atom is 0.330 e. The number of phenols is 2. The molecule has 1 amide bonds. The molecule has 2 aromatic rings. The van der Waals surface area contributed by atoms with Crippen LogP contribution in [0, 0.1) is 0 Å². The zero-order valence-corrected chi connectivity index (χ0v) is 16.5. The Hall–Kier alpha value is -3.65. The summed E-state index contributed by atoms with van der Waals surface area (Å²) in [6.45, 7) is -0.469. The Morgan fingerprint density at radius 2 is 1.37 bits per heavy atom. The van der Waals surface area contributed by atoms with Gasteiger partial charge in [0, 0.05) is 0 Å². The third-order valence-electron chi connectivity index (χ3n) is 4.34. The summed E-state index contributed by atoms with van der Waals surface area (Å²) >= 11 is 0. The lowest BCUT2D eigenvalue weighted by Crippen LogP contribution is -2.29. The fourth-order valence-electron chi connectivity index (χ4n) is 3.05. The highest BCUT2D eigenvalue weighted by atomic mass is 32.2. The first kappa shape index (κ1) is 19.7. The lowest BCUT2D eigenvalue weighted by molar-refractivity contribution is -0.117. The normalized spacial score (nSPS) is 19.3. The van der Waals surface area contributed by atoms with Gasteiger partial charge in [-0.2, -0.15) is 16.8 Å². The standard InChI is InChI=1S/C16H14N4O8S2/c21-13-5-9(1-3-11(13)19-7-15(23)17-29(19,25)26)10-2-4-12(14(22)6-10)20-8-16(24)18-30(20,27)28/h1-7,17,21-23H,8H2,(H,18,24). The van der Waals surface area contributed by atoms with Crippen LogP contribution in [0.3, 0.4) is 0 Å². The molecule has 2 heterocycles. The molecule has 1 fully saturated rings. The second-order valence-electron chi connectivity index (χ2n) is 6.36. The van der Waals surface area contributed by atoms with Gasteiger partial charge in [-0.05, 0) is 35.4 Å². The van der Waals surface area contributed by atoms with Crippen LogP contribution < -0.4 is 18.1 Å². The van der Waals surface area contributed by atoms with E-state index in [9.17, 15) is 36.9 Å². The molecule has 14 heteroatoms. The molecule has 0 bridgehead atoms. The number of carbonyl (C=O) groups excluding carboxylic acids is 1. The third-order valence-corrected chi connectivity index (χ3v) is 7.02. The number of anilines is 2. The monoisotopic (exact) mass is 454 g/mol. The molecule has 5 N–H and O–H groups in total. The Kier molecular flexibility index (Phi) is 4.21. The molecule has 0 spiro atoms. The summed E-state index contributed by atoms with van der Waals surface area (Å²) in [4.78, 5) is 11.4. The maximum absolute atomic E-state index is 11.9. The van der Waals surface area contributed by atoms with E-state index in [2.05, 4.69) is 0 Å². The van der Waals surface area contributed by atoms with Gasteiger partial charge < -0.3 is 15.3 Å². The van der Waals surface area contributed by atoms with Crippen molar-refractivity contribution in [2.24, 2.45) is 0 Å². The fourth-order valence-corrected chi connectivity index (χ4v) is 5.28. The first-order valence-corrected chi connectivity index (χ1v) is 11.1. The highest BCUT2D eigenvalue weighted by Crippen LogP contribution is 2.38. The molecule has 2 aliphatic heterocycles. The number of rotatable bonds is 3. The molecule has 0 saturated carbocycles. The summed E-state index contributed by atoms with van der Waals surface area (Å²) in [5.41, 5.74) is 0.542. The van der Waals surface area contributed by atoms with Crippen molar-refractivity contribution in [1.29, 1.82) is 0 Å². The number of aromatic hydroxyl groups is 2. The number of aliphatic hydroxyl groups excluding tert-OH is 1. The minimum absolute atomic E-state index is 0.104. The van der Waals surface area contributed by atoms with Crippen molar-refractivity contribution >= 4 is 37.7 Å². The third kappa shape index (κ3) is 3.21. The van der Waals surface area contributed by atoms with Crippen LogP contribution in [0.5, 0.6) is 11.5 Å². The van der Waals surface area contributed by atoms with Gasteiger partial charge in [-0.3, -0.25) is 4.79 Å². The van der Waals surface area contributed by atoms with Crippen molar-refractivity contribution in [1.82, 2.24) is 9.44 Å². The van der Waals surface area contributed by atoms with Crippen LogP contribution in [0.15, 0.2) is 48.5 Å². The summed E-state index contributed by atoms with van der Waals surface area (Å²) in [5.74, 6) is -2.19. The molecule has 2 aliphatic rings. The topological polar surface area (TPSA) is 177 Å². The molecule has 0 atom stereocenters. The van der Waals surface area contributed by atoms with E-state index in [4.69, 9.17) is 0 Å². The molecular formula is C16H14N4O8S2. The van der Waals surface area contributed by atoms with E-state index in [1.54, 1.807) is 4.72 Å². The van der Waals surface area contributed by atoms with Crippen molar-refractivity contribution in [2.45, 2.75) is 0 Å². The highest BCUT2D eigenvalue weighted by Gasteiger charge is 2.35. The number of amides is 1. The van der Waals surface area contributed by atoms with Crippen LogP contribution in [-0.2, 0) is 25.2 Å². The van der Waals surface area contributed by atoms with Crippen LogP contribution in [-0.4, -0.2) is 44.6 Å². The first-order valence-electron chi connectivity index (χ1n) is 8.20. The maximum atomic E-state index is 11.9. The fraction of sp³-hybridized carbons (Fsp3) is 0.0625. The number of carbonyl (C=O) groups is 1. The Labute approximate surface area is 170 Å². The van der Waals surface area contributed by atoms with Crippen molar-refractivity contribution in [2.75, 3.05) is 15.2 Å². The van der Waals surface area contributed by atoms with E-state index in [0.29, 0.717) is 15.4 Å². The molecule has 0 radical (unpaired) electrons. The van der Waals surface area contributed by atoms with E-state index in [-0.39, 0.29) is 11.4 Å². The molecule has 0 unspecified atom stereocenters. The van der Waals surface area contributed by atoms with E-state index in [1.807, 2.05) is 4.72 Å². The molecule has 0 aromatic heterocycles. The van der Waals surface area contributed by atoms with Crippen LogP contribution in [0.4, 0.5) is 11.4 Å².